The van der Waals surface area contributed by atoms with Gasteiger partial charge in [-0.3, -0.25) is 9.69 Å². The van der Waals surface area contributed by atoms with Gasteiger partial charge < -0.3 is 15.8 Å². The number of halogens is 2. The highest BCUT2D eigenvalue weighted by Gasteiger charge is 2.19. The molecule has 0 aliphatic carbocycles. The number of rotatable bonds is 4. The molecule has 1 aromatic carbocycles. The Morgan fingerprint density at radius 1 is 1.38 bits per heavy atom. The van der Waals surface area contributed by atoms with E-state index in [0.29, 0.717) is 25.8 Å². The van der Waals surface area contributed by atoms with Crippen LogP contribution in [0.1, 0.15) is 17.3 Å². The zero-order valence-electron chi connectivity index (χ0n) is 11.9. The van der Waals surface area contributed by atoms with E-state index < -0.39 is 17.5 Å². The first-order valence-corrected chi connectivity index (χ1v) is 6.83. The van der Waals surface area contributed by atoms with Gasteiger partial charge in [-0.15, -0.1) is 0 Å². The van der Waals surface area contributed by atoms with Crippen LogP contribution in [-0.2, 0) is 4.74 Å². The lowest BCUT2D eigenvalue weighted by atomic mass is 10.1. The second kappa shape index (κ2) is 6.82. The standard InChI is InChI=1S/C14H19F2N3O2/c1-9(8-19-2-4-21-5-3-19)18-14(20)10-6-13(17)12(16)7-11(10)15/h6-7,9H,2-5,8,17H2,1H3,(H,18,20). The quantitative estimate of drug-likeness (QED) is 0.814. The van der Waals surface area contributed by atoms with Crippen LogP contribution in [-0.4, -0.2) is 49.7 Å². The summed E-state index contributed by atoms with van der Waals surface area (Å²) in [7, 11) is 0. The molecule has 2 rings (SSSR count). The van der Waals surface area contributed by atoms with Gasteiger partial charge in [-0.1, -0.05) is 0 Å². The molecule has 1 aliphatic heterocycles. The van der Waals surface area contributed by atoms with Gasteiger partial charge in [-0.05, 0) is 13.0 Å². The summed E-state index contributed by atoms with van der Waals surface area (Å²) in [6.07, 6.45) is 0. The van der Waals surface area contributed by atoms with Crippen molar-refractivity contribution in [3.05, 3.63) is 29.3 Å². The van der Waals surface area contributed by atoms with Crippen LogP contribution < -0.4 is 11.1 Å². The summed E-state index contributed by atoms with van der Waals surface area (Å²) in [6, 6.07) is 1.47. The first-order chi connectivity index (χ1) is 9.97. The summed E-state index contributed by atoms with van der Waals surface area (Å²) in [5, 5.41) is 2.69. The normalized spacial score (nSPS) is 17.5. The number of nitrogens with two attached hydrogens (primary N) is 1. The lowest BCUT2D eigenvalue weighted by molar-refractivity contribution is 0.0342. The Labute approximate surface area is 122 Å². The Hall–Kier alpha value is -1.73. The highest BCUT2D eigenvalue weighted by molar-refractivity contribution is 5.95. The average molecular weight is 299 g/mol. The minimum atomic E-state index is -0.919. The van der Waals surface area contributed by atoms with Gasteiger partial charge in [0, 0.05) is 31.7 Å². The molecule has 0 bridgehead atoms. The number of amides is 1. The fraction of sp³-hybridized carbons (Fsp3) is 0.500. The monoisotopic (exact) mass is 299 g/mol. The molecule has 1 saturated heterocycles. The SMILES string of the molecule is CC(CN1CCOCC1)NC(=O)c1cc(N)c(F)cc1F. The maximum Gasteiger partial charge on any atom is 0.254 e. The van der Waals surface area contributed by atoms with E-state index in [1.165, 1.54) is 0 Å². The third kappa shape index (κ3) is 4.12. The lowest BCUT2D eigenvalue weighted by Crippen LogP contribution is -2.46. The summed E-state index contributed by atoms with van der Waals surface area (Å²) >= 11 is 0. The zero-order valence-corrected chi connectivity index (χ0v) is 11.9. The van der Waals surface area contributed by atoms with Crippen LogP contribution in [0.5, 0.6) is 0 Å². The van der Waals surface area contributed by atoms with Gasteiger partial charge in [0.25, 0.3) is 5.91 Å². The largest absolute Gasteiger partial charge is 0.396 e. The molecule has 1 heterocycles. The molecule has 1 atom stereocenters. The lowest BCUT2D eigenvalue weighted by Gasteiger charge is -2.29. The molecule has 1 aliphatic rings. The van der Waals surface area contributed by atoms with Crippen molar-refractivity contribution in [2.75, 3.05) is 38.6 Å². The van der Waals surface area contributed by atoms with Crippen molar-refractivity contribution in [1.82, 2.24) is 10.2 Å². The number of carbonyl (C=O) groups excluding carboxylic acids is 1. The molecule has 0 aromatic heterocycles. The van der Waals surface area contributed by atoms with Gasteiger partial charge in [-0.2, -0.15) is 0 Å². The fourth-order valence-corrected chi connectivity index (χ4v) is 2.26. The number of anilines is 1. The maximum atomic E-state index is 13.6. The van der Waals surface area contributed by atoms with E-state index in [2.05, 4.69) is 10.2 Å². The van der Waals surface area contributed by atoms with Crippen molar-refractivity contribution in [3.63, 3.8) is 0 Å². The number of ether oxygens (including phenoxy) is 1. The molecular formula is C14H19F2N3O2. The Morgan fingerprint density at radius 3 is 2.71 bits per heavy atom. The third-order valence-corrected chi connectivity index (χ3v) is 3.34. The van der Waals surface area contributed by atoms with Crippen molar-refractivity contribution >= 4 is 11.6 Å². The first kappa shape index (κ1) is 15.7. The molecule has 0 saturated carbocycles. The highest BCUT2D eigenvalue weighted by atomic mass is 19.1. The van der Waals surface area contributed by atoms with E-state index in [1.807, 2.05) is 6.92 Å². The molecule has 1 aromatic rings. The first-order valence-electron chi connectivity index (χ1n) is 6.83. The molecule has 21 heavy (non-hydrogen) atoms. The highest BCUT2D eigenvalue weighted by Crippen LogP contribution is 2.16. The predicted octanol–water partition coefficient (Wildman–Crippen LogP) is 0.997. The average Bonchev–Trinajstić information content (AvgIpc) is 2.43. The molecule has 1 unspecified atom stereocenters. The number of hydrogen-bond acceptors (Lipinski definition) is 4. The van der Waals surface area contributed by atoms with Gasteiger partial charge >= 0.3 is 0 Å². The predicted molar refractivity (Wildman–Crippen MR) is 75.0 cm³/mol. The van der Waals surface area contributed by atoms with E-state index in [9.17, 15) is 13.6 Å². The van der Waals surface area contributed by atoms with Crippen molar-refractivity contribution in [2.45, 2.75) is 13.0 Å². The number of carbonyl (C=O) groups is 1. The second-order valence-corrected chi connectivity index (χ2v) is 5.14. The third-order valence-electron chi connectivity index (χ3n) is 3.34. The number of nitrogens with zero attached hydrogens (tertiary/aromatic N) is 1. The molecule has 1 fully saturated rings. The van der Waals surface area contributed by atoms with Crippen LogP contribution in [0, 0.1) is 11.6 Å². The number of nitrogens with one attached hydrogen (secondary N) is 1. The van der Waals surface area contributed by atoms with Crippen LogP contribution in [0.15, 0.2) is 12.1 Å². The molecule has 1 amide bonds. The minimum Gasteiger partial charge on any atom is -0.396 e. The maximum absolute atomic E-state index is 13.6. The Bertz CT molecular complexity index is 519. The van der Waals surface area contributed by atoms with Gasteiger partial charge in [0.2, 0.25) is 0 Å². The van der Waals surface area contributed by atoms with Crippen molar-refractivity contribution in [3.8, 4) is 0 Å². The van der Waals surface area contributed by atoms with Crippen molar-refractivity contribution < 1.29 is 18.3 Å². The van der Waals surface area contributed by atoms with E-state index in [1.54, 1.807) is 0 Å². The van der Waals surface area contributed by atoms with Gasteiger partial charge in [0.15, 0.2) is 0 Å². The number of hydrogen-bond donors (Lipinski definition) is 2. The molecule has 0 radical (unpaired) electrons. The minimum absolute atomic E-state index is 0.165. The topological polar surface area (TPSA) is 67.6 Å². The Morgan fingerprint density at radius 2 is 2.05 bits per heavy atom. The van der Waals surface area contributed by atoms with Crippen LogP contribution in [0.4, 0.5) is 14.5 Å². The number of nitrogen functional groups attached to an aromatic ring is 1. The fourth-order valence-electron chi connectivity index (χ4n) is 2.26. The van der Waals surface area contributed by atoms with E-state index in [0.717, 1.165) is 19.2 Å². The van der Waals surface area contributed by atoms with Gasteiger partial charge in [0.05, 0.1) is 24.5 Å². The second-order valence-electron chi connectivity index (χ2n) is 5.14. The molecule has 5 nitrogen and oxygen atoms in total. The smallest absolute Gasteiger partial charge is 0.254 e. The van der Waals surface area contributed by atoms with E-state index >= 15 is 0 Å². The van der Waals surface area contributed by atoms with Gasteiger partial charge in [-0.25, -0.2) is 8.78 Å². The summed E-state index contributed by atoms with van der Waals surface area (Å²) in [5.41, 5.74) is 4.87. The zero-order chi connectivity index (χ0) is 15.4. The summed E-state index contributed by atoms with van der Waals surface area (Å²) in [4.78, 5) is 14.2. The Balaban J connectivity index is 1.95. The summed E-state index contributed by atoms with van der Waals surface area (Å²) in [6.45, 7) is 5.43. The molecule has 0 spiro atoms. The van der Waals surface area contributed by atoms with Crippen LogP contribution >= 0.6 is 0 Å². The van der Waals surface area contributed by atoms with Crippen LogP contribution in [0.25, 0.3) is 0 Å². The van der Waals surface area contributed by atoms with Crippen molar-refractivity contribution in [1.29, 1.82) is 0 Å². The van der Waals surface area contributed by atoms with Crippen LogP contribution in [0.3, 0.4) is 0 Å². The van der Waals surface area contributed by atoms with E-state index in [4.69, 9.17) is 10.5 Å². The number of morpholine rings is 1. The van der Waals surface area contributed by atoms with Crippen LogP contribution in [0.2, 0.25) is 0 Å². The van der Waals surface area contributed by atoms with E-state index in [-0.39, 0.29) is 17.3 Å². The number of benzene rings is 1. The summed E-state index contributed by atoms with van der Waals surface area (Å²) in [5.74, 6) is -2.39. The van der Waals surface area contributed by atoms with Crippen molar-refractivity contribution in [2.24, 2.45) is 0 Å². The summed E-state index contributed by atoms with van der Waals surface area (Å²) < 4.78 is 31.9. The molecule has 116 valence electrons. The molecule has 7 heteroatoms. The molecule has 3 N–H and O–H groups in total. The van der Waals surface area contributed by atoms with Gasteiger partial charge in [0.1, 0.15) is 11.6 Å². The molecular weight excluding hydrogens is 280 g/mol. The Kier molecular flexibility index (Phi) is 5.08.